The summed E-state index contributed by atoms with van der Waals surface area (Å²) in [5.41, 5.74) is 2.41. The second-order valence-corrected chi connectivity index (χ2v) is 12.5. The highest BCUT2D eigenvalue weighted by atomic mass is 35.5. The predicted molar refractivity (Wildman–Crippen MR) is 95.5 cm³/mol. The molecular formula is C17H21ClN2OSi. The second kappa shape index (κ2) is 7.07. The molecule has 0 atom stereocenters. The molecule has 0 aliphatic heterocycles. The van der Waals surface area contributed by atoms with Gasteiger partial charge in [0.1, 0.15) is 5.15 Å². The lowest BCUT2D eigenvalue weighted by molar-refractivity contribution is 0.102. The van der Waals surface area contributed by atoms with Gasteiger partial charge in [0, 0.05) is 20.0 Å². The molecule has 0 bridgehead atoms. The molecule has 0 saturated heterocycles. The maximum atomic E-state index is 12.4. The van der Waals surface area contributed by atoms with Crippen LogP contribution in [-0.2, 0) is 6.42 Å². The number of nitrogens with one attached hydrogen (secondary N) is 1. The molecule has 0 fully saturated rings. The molecule has 0 aliphatic carbocycles. The van der Waals surface area contributed by atoms with Crippen LogP contribution in [0, 0.1) is 0 Å². The largest absolute Gasteiger partial charge is 0.322 e. The van der Waals surface area contributed by atoms with Crippen molar-refractivity contribution < 1.29 is 4.79 Å². The number of para-hydroxylation sites is 1. The summed E-state index contributed by atoms with van der Waals surface area (Å²) >= 11 is 5.98. The van der Waals surface area contributed by atoms with E-state index in [-0.39, 0.29) is 11.1 Å². The number of carbonyl (C=O) groups excluding carboxylic acids is 1. The molecule has 2 rings (SSSR count). The topological polar surface area (TPSA) is 42.0 Å². The lowest BCUT2D eigenvalue weighted by Crippen LogP contribution is -2.20. The standard InChI is InChI=1S/C17H21ClN2OSi/c1-22(2,3)12-10-13-7-4-5-9-15(13)20-17(21)14-8-6-11-19-16(14)18/h4-9,11H,10,12H2,1-3H3,(H,20,21). The molecule has 1 amide bonds. The summed E-state index contributed by atoms with van der Waals surface area (Å²) in [6.07, 6.45) is 2.55. The second-order valence-electron chi connectivity index (χ2n) is 6.51. The SMILES string of the molecule is C[Si](C)(C)CCc1ccccc1NC(=O)c1cccnc1Cl. The van der Waals surface area contributed by atoms with Crippen molar-refractivity contribution in [2.45, 2.75) is 32.1 Å². The summed E-state index contributed by atoms with van der Waals surface area (Å²) in [7, 11) is -1.12. The Morgan fingerprint density at radius 2 is 1.91 bits per heavy atom. The van der Waals surface area contributed by atoms with E-state index in [1.54, 1.807) is 18.3 Å². The van der Waals surface area contributed by atoms with Gasteiger partial charge in [0.25, 0.3) is 5.91 Å². The molecule has 1 aromatic heterocycles. The summed E-state index contributed by atoms with van der Waals surface area (Å²) in [5.74, 6) is -0.224. The van der Waals surface area contributed by atoms with Crippen LogP contribution in [0.2, 0.25) is 30.8 Å². The quantitative estimate of drug-likeness (QED) is 0.627. The molecule has 0 unspecified atom stereocenters. The number of nitrogens with zero attached hydrogens (tertiary/aromatic N) is 1. The predicted octanol–water partition coefficient (Wildman–Crippen LogP) is 4.87. The minimum atomic E-state index is -1.12. The molecule has 116 valence electrons. The first-order valence-electron chi connectivity index (χ1n) is 7.36. The van der Waals surface area contributed by atoms with Crippen molar-refractivity contribution >= 4 is 31.3 Å². The molecule has 1 aromatic carbocycles. The summed E-state index contributed by atoms with van der Waals surface area (Å²) in [4.78, 5) is 16.3. The highest BCUT2D eigenvalue weighted by Gasteiger charge is 2.16. The highest BCUT2D eigenvalue weighted by Crippen LogP contribution is 2.22. The number of hydrogen-bond donors (Lipinski definition) is 1. The van der Waals surface area contributed by atoms with Crippen LogP contribution < -0.4 is 5.32 Å². The van der Waals surface area contributed by atoms with Crippen LogP contribution in [0.5, 0.6) is 0 Å². The Kier molecular flexibility index (Phi) is 5.37. The van der Waals surface area contributed by atoms with Crippen LogP contribution in [0.15, 0.2) is 42.6 Å². The number of benzene rings is 1. The molecule has 0 spiro atoms. The maximum Gasteiger partial charge on any atom is 0.258 e. The Morgan fingerprint density at radius 3 is 2.59 bits per heavy atom. The number of amides is 1. The van der Waals surface area contributed by atoms with Crippen molar-refractivity contribution in [3.05, 3.63) is 58.9 Å². The van der Waals surface area contributed by atoms with E-state index >= 15 is 0 Å². The number of pyridine rings is 1. The first-order valence-corrected chi connectivity index (χ1v) is 11.4. The Balaban J connectivity index is 2.16. The molecule has 2 aromatic rings. The number of halogens is 1. The average molecular weight is 333 g/mol. The van der Waals surface area contributed by atoms with Gasteiger partial charge in [0.05, 0.1) is 5.56 Å². The van der Waals surface area contributed by atoms with Gasteiger partial charge in [-0.05, 0) is 30.2 Å². The maximum absolute atomic E-state index is 12.4. The highest BCUT2D eigenvalue weighted by molar-refractivity contribution is 6.76. The van der Waals surface area contributed by atoms with Gasteiger partial charge in [-0.3, -0.25) is 4.79 Å². The zero-order chi connectivity index (χ0) is 16.2. The van der Waals surface area contributed by atoms with Gasteiger partial charge in [-0.1, -0.05) is 55.5 Å². The van der Waals surface area contributed by atoms with Crippen molar-refractivity contribution in [3.63, 3.8) is 0 Å². The Morgan fingerprint density at radius 1 is 1.18 bits per heavy atom. The van der Waals surface area contributed by atoms with Gasteiger partial charge in [0.2, 0.25) is 0 Å². The summed E-state index contributed by atoms with van der Waals surface area (Å²) < 4.78 is 0. The lowest BCUT2D eigenvalue weighted by Gasteiger charge is -2.17. The van der Waals surface area contributed by atoms with Crippen molar-refractivity contribution in [1.29, 1.82) is 0 Å². The zero-order valence-electron chi connectivity index (χ0n) is 13.2. The smallest absolute Gasteiger partial charge is 0.258 e. The summed E-state index contributed by atoms with van der Waals surface area (Å²) in [5, 5.41) is 3.18. The molecule has 22 heavy (non-hydrogen) atoms. The molecule has 3 nitrogen and oxygen atoms in total. The van der Waals surface area contributed by atoms with Crippen LogP contribution in [0.25, 0.3) is 0 Å². The van der Waals surface area contributed by atoms with Gasteiger partial charge in [0.15, 0.2) is 0 Å². The third-order valence-electron chi connectivity index (χ3n) is 3.41. The van der Waals surface area contributed by atoms with Crippen molar-refractivity contribution in [3.8, 4) is 0 Å². The lowest BCUT2D eigenvalue weighted by atomic mass is 10.1. The fourth-order valence-electron chi connectivity index (χ4n) is 2.11. The molecule has 0 radical (unpaired) electrons. The van der Waals surface area contributed by atoms with E-state index in [9.17, 15) is 4.79 Å². The number of rotatable bonds is 5. The Hall–Kier alpha value is -1.65. The Bertz CT molecular complexity index is 668. The van der Waals surface area contributed by atoms with Gasteiger partial charge in [-0.25, -0.2) is 4.98 Å². The van der Waals surface area contributed by atoms with Crippen LogP contribution in [0.3, 0.4) is 0 Å². The summed E-state index contributed by atoms with van der Waals surface area (Å²) in [6, 6.07) is 12.5. The van der Waals surface area contributed by atoms with Crippen LogP contribution in [-0.4, -0.2) is 19.0 Å². The third kappa shape index (κ3) is 4.68. The molecule has 0 aliphatic rings. The number of aryl methyl sites for hydroxylation is 1. The average Bonchev–Trinajstić information content (AvgIpc) is 2.46. The summed E-state index contributed by atoms with van der Waals surface area (Å²) in [6.45, 7) is 7.05. The minimum absolute atomic E-state index is 0.222. The van der Waals surface area contributed by atoms with E-state index in [4.69, 9.17) is 11.6 Å². The van der Waals surface area contributed by atoms with Crippen LogP contribution >= 0.6 is 11.6 Å². The van der Waals surface area contributed by atoms with Crippen molar-refractivity contribution in [2.24, 2.45) is 0 Å². The fourth-order valence-corrected chi connectivity index (χ4v) is 3.34. The monoisotopic (exact) mass is 332 g/mol. The van der Waals surface area contributed by atoms with Gasteiger partial charge < -0.3 is 5.32 Å². The Labute approximate surface area is 137 Å². The molecule has 5 heteroatoms. The van der Waals surface area contributed by atoms with Crippen molar-refractivity contribution in [1.82, 2.24) is 4.98 Å². The fraction of sp³-hybridized carbons (Fsp3) is 0.294. The first kappa shape index (κ1) is 16.7. The third-order valence-corrected chi connectivity index (χ3v) is 5.46. The van der Waals surface area contributed by atoms with Crippen LogP contribution in [0.1, 0.15) is 15.9 Å². The van der Waals surface area contributed by atoms with Crippen LogP contribution in [0.4, 0.5) is 5.69 Å². The molecule has 1 heterocycles. The van der Waals surface area contributed by atoms with Gasteiger partial charge in [-0.15, -0.1) is 0 Å². The first-order chi connectivity index (χ1) is 10.4. The van der Waals surface area contributed by atoms with E-state index < -0.39 is 8.07 Å². The minimum Gasteiger partial charge on any atom is -0.322 e. The van der Waals surface area contributed by atoms with E-state index in [1.165, 1.54) is 11.6 Å². The molecule has 1 N–H and O–H groups in total. The number of anilines is 1. The zero-order valence-corrected chi connectivity index (χ0v) is 14.9. The van der Waals surface area contributed by atoms with E-state index in [0.29, 0.717) is 5.56 Å². The van der Waals surface area contributed by atoms with E-state index in [2.05, 4.69) is 36.0 Å². The van der Waals surface area contributed by atoms with E-state index in [1.807, 2.05) is 18.2 Å². The van der Waals surface area contributed by atoms with Gasteiger partial charge in [-0.2, -0.15) is 0 Å². The van der Waals surface area contributed by atoms with Gasteiger partial charge >= 0.3 is 0 Å². The number of aromatic nitrogens is 1. The normalized spacial score (nSPS) is 11.3. The molecular weight excluding hydrogens is 312 g/mol. The molecule has 0 saturated carbocycles. The number of carbonyl (C=O) groups is 1. The van der Waals surface area contributed by atoms with Crippen molar-refractivity contribution in [2.75, 3.05) is 5.32 Å². The number of hydrogen-bond acceptors (Lipinski definition) is 2. The van der Waals surface area contributed by atoms with E-state index in [0.717, 1.165) is 12.1 Å².